The summed E-state index contributed by atoms with van der Waals surface area (Å²) in [6, 6.07) is 4.67. The smallest absolute Gasteiger partial charge is 0.239 e. The molecule has 0 heterocycles. The molecule has 1 unspecified atom stereocenters. The Morgan fingerprint density at radius 1 is 1.53 bits per heavy atom. The van der Waals surface area contributed by atoms with E-state index in [9.17, 15) is 4.79 Å². The molecule has 1 amide bonds. The van der Waals surface area contributed by atoms with Crippen LogP contribution in [0.25, 0.3) is 0 Å². The fraction of sp³-hybridized carbons (Fsp3) is 0.300. The highest BCUT2D eigenvalue weighted by Gasteiger charge is 2.17. The van der Waals surface area contributed by atoms with Crippen molar-refractivity contribution >= 4 is 28.9 Å². The van der Waals surface area contributed by atoms with Crippen LogP contribution in [0, 0.1) is 0 Å². The maximum absolute atomic E-state index is 11.0. The summed E-state index contributed by atoms with van der Waals surface area (Å²) in [7, 11) is 1.75. The number of primary amides is 1. The molecule has 1 aromatic rings. The van der Waals surface area contributed by atoms with Gasteiger partial charge in [0, 0.05) is 12.1 Å². The van der Waals surface area contributed by atoms with E-state index in [2.05, 4.69) is 0 Å². The Kier molecular flexibility index (Phi) is 3.42. The summed E-state index contributed by atoms with van der Waals surface area (Å²) in [6.07, 6.45) is 0. The van der Waals surface area contributed by atoms with Gasteiger partial charge in [-0.05, 0) is 25.1 Å². The second-order valence-corrected chi connectivity index (χ2v) is 3.83. The zero-order valence-electron chi connectivity index (χ0n) is 8.70. The molecule has 5 heteroatoms. The Hall–Kier alpha value is -1.42. The molecule has 0 saturated carbocycles. The normalized spacial score (nSPS) is 12.2. The average molecular weight is 228 g/mol. The van der Waals surface area contributed by atoms with Crippen LogP contribution in [0.5, 0.6) is 0 Å². The lowest BCUT2D eigenvalue weighted by molar-refractivity contribution is -0.118. The highest BCUT2D eigenvalue weighted by atomic mass is 35.5. The largest absolute Gasteiger partial charge is 0.397 e. The van der Waals surface area contributed by atoms with Gasteiger partial charge in [-0.3, -0.25) is 4.79 Å². The number of nitrogens with two attached hydrogens (primary N) is 2. The molecule has 0 spiro atoms. The van der Waals surface area contributed by atoms with Gasteiger partial charge in [0.2, 0.25) is 5.91 Å². The molecule has 15 heavy (non-hydrogen) atoms. The Bertz CT molecular complexity index is 381. The number of hydrogen-bond donors (Lipinski definition) is 2. The van der Waals surface area contributed by atoms with Gasteiger partial charge in [0.1, 0.15) is 6.04 Å². The standard InChI is InChI=1S/C10H14ClN3O/c1-6(10(13)15)14(2)9-5-7(11)3-4-8(9)12/h3-6H,12H2,1-2H3,(H2,13,15). The summed E-state index contributed by atoms with van der Waals surface area (Å²) in [5.41, 5.74) is 12.3. The molecule has 0 radical (unpaired) electrons. The molecule has 4 nitrogen and oxygen atoms in total. The predicted molar refractivity (Wildman–Crippen MR) is 62.9 cm³/mol. The number of likely N-dealkylation sites (N-methyl/N-ethyl adjacent to an activating group) is 1. The molecule has 0 aliphatic heterocycles. The van der Waals surface area contributed by atoms with Crippen molar-refractivity contribution in [3.63, 3.8) is 0 Å². The Morgan fingerprint density at radius 3 is 2.67 bits per heavy atom. The second-order valence-electron chi connectivity index (χ2n) is 3.39. The number of carbonyl (C=O) groups excluding carboxylic acids is 1. The summed E-state index contributed by atoms with van der Waals surface area (Å²) in [5, 5.41) is 0.572. The molecule has 0 bridgehead atoms. The lowest BCUT2D eigenvalue weighted by atomic mass is 10.2. The number of nitrogens with zero attached hydrogens (tertiary/aromatic N) is 1. The third kappa shape index (κ3) is 2.53. The van der Waals surface area contributed by atoms with E-state index in [0.717, 1.165) is 0 Å². The van der Waals surface area contributed by atoms with Crippen molar-refractivity contribution in [3.05, 3.63) is 23.2 Å². The van der Waals surface area contributed by atoms with Gasteiger partial charge in [0.15, 0.2) is 0 Å². The Morgan fingerprint density at radius 2 is 2.13 bits per heavy atom. The van der Waals surface area contributed by atoms with E-state index in [4.69, 9.17) is 23.1 Å². The van der Waals surface area contributed by atoms with Gasteiger partial charge in [-0.2, -0.15) is 0 Å². The van der Waals surface area contributed by atoms with Crippen molar-refractivity contribution in [2.24, 2.45) is 5.73 Å². The lowest BCUT2D eigenvalue weighted by Crippen LogP contribution is -2.40. The molecular weight excluding hydrogens is 214 g/mol. The van der Waals surface area contributed by atoms with Crippen molar-refractivity contribution in [2.45, 2.75) is 13.0 Å². The fourth-order valence-electron chi connectivity index (χ4n) is 1.22. The van der Waals surface area contributed by atoms with Crippen molar-refractivity contribution in [1.82, 2.24) is 0 Å². The van der Waals surface area contributed by atoms with E-state index in [-0.39, 0.29) is 0 Å². The van der Waals surface area contributed by atoms with Crippen LogP contribution in [0.15, 0.2) is 18.2 Å². The number of nitrogen functional groups attached to an aromatic ring is 1. The first-order valence-corrected chi connectivity index (χ1v) is 4.88. The number of hydrogen-bond acceptors (Lipinski definition) is 3. The van der Waals surface area contributed by atoms with Crippen molar-refractivity contribution in [3.8, 4) is 0 Å². The maximum atomic E-state index is 11.0. The van der Waals surface area contributed by atoms with E-state index in [0.29, 0.717) is 16.4 Å². The molecule has 1 rings (SSSR count). The lowest BCUT2D eigenvalue weighted by Gasteiger charge is -2.25. The van der Waals surface area contributed by atoms with Gasteiger partial charge in [-0.15, -0.1) is 0 Å². The summed E-state index contributed by atoms with van der Waals surface area (Å²) < 4.78 is 0. The first kappa shape index (κ1) is 11.7. The van der Waals surface area contributed by atoms with E-state index < -0.39 is 11.9 Å². The first-order valence-electron chi connectivity index (χ1n) is 4.50. The predicted octanol–water partition coefficient (Wildman–Crippen LogP) is 1.23. The number of rotatable bonds is 3. The number of anilines is 2. The molecule has 1 atom stereocenters. The maximum Gasteiger partial charge on any atom is 0.239 e. The molecular formula is C10H14ClN3O. The topological polar surface area (TPSA) is 72.4 Å². The quantitative estimate of drug-likeness (QED) is 0.763. The summed E-state index contributed by atoms with van der Waals surface area (Å²) in [4.78, 5) is 12.7. The van der Waals surface area contributed by atoms with Crippen LogP contribution in [0.2, 0.25) is 5.02 Å². The minimum Gasteiger partial charge on any atom is -0.397 e. The van der Waals surface area contributed by atoms with E-state index >= 15 is 0 Å². The van der Waals surface area contributed by atoms with Gasteiger partial charge in [0.25, 0.3) is 0 Å². The summed E-state index contributed by atoms with van der Waals surface area (Å²) >= 11 is 5.85. The van der Waals surface area contributed by atoms with E-state index in [1.54, 1.807) is 37.1 Å². The molecule has 0 saturated heterocycles. The van der Waals surface area contributed by atoms with Crippen LogP contribution in [-0.4, -0.2) is 19.0 Å². The molecule has 0 aliphatic carbocycles. The van der Waals surface area contributed by atoms with Crippen LogP contribution < -0.4 is 16.4 Å². The average Bonchev–Trinajstić information content (AvgIpc) is 2.19. The monoisotopic (exact) mass is 227 g/mol. The van der Waals surface area contributed by atoms with Gasteiger partial charge in [0.05, 0.1) is 11.4 Å². The van der Waals surface area contributed by atoms with Gasteiger partial charge in [-0.25, -0.2) is 0 Å². The molecule has 82 valence electrons. The van der Waals surface area contributed by atoms with Crippen molar-refractivity contribution in [2.75, 3.05) is 17.7 Å². The van der Waals surface area contributed by atoms with Crippen LogP contribution in [-0.2, 0) is 4.79 Å². The van der Waals surface area contributed by atoms with Crippen LogP contribution >= 0.6 is 11.6 Å². The van der Waals surface area contributed by atoms with Crippen molar-refractivity contribution < 1.29 is 4.79 Å². The first-order chi connectivity index (χ1) is 6.93. The zero-order chi connectivity index (χ0) is 11.6. The third-order valence-electron chi connectivity index (χ3n) is 2.37. The van der Waals surface area contributed by atoms with Crippen LogP contribution in [0.1, 0.15) is 6.92 Å². The minimum absolute atomic E-state index is 0.406. The highest BCUT2D eigenvalue weighted by Crippen LogP contribution is 2.27. The van der Waals surface area contributed by atoms with Crippen LogP contribution in [0.4, 0.5) is 11.4 Å². The summed E-state index contributed by atoms with van der Waals surface area (Å²) in [6.45, 7) is 1.71. The van der Waals surface area contributed by atoms with Crippen LogP contribution in [0.3, 0.4) is 0 Å². The van der Waals surface area contributed by atoms with E-state index in [1.807, 2.05) is 0 Å². The van der Waals surface area contributed by atoms with Gasteiger partial charge < -0.3 is 16.4 Å². The van der Waals surface area contributed by atoms with Gasteiger partial charge >= 0.3 is 0 Å². The Labute approximate surface area is 93.8 Å². The highest BCUT2D eigenvalue weighted by molar-refractivity contribution is 6.31. The molecule has 4 N–H and O–H groups in total. The molecule has 1 aromatic carbocycles. The third-order valence-corrected chi connectivity index (χ3v) is 2.60. The minimum atomic E-state index is -0.425. The SMILES string of the molecule is CC(C(N)=O)N(C)c1cc(Cl)ccc1N. The fourth-order valence-corrected chi connectivity index (χ4v) is 1.39. The van der Waals surface area contributed by atoms with Crippen molar-refractivity contribution in [1.29, 1.82) is 0 Å². The van der Waals surface area contributed by atoms with Gasteiger partial charge in [-0.1, -0.05) is 11.6 Å². The molecule has 0 fully saturated rings. The number of benzene rings is 1. The summed E-state index contributed by atoms with van der Waals surface area (Å²) in [5.74, 6) is -0.406. The number of carbonyl (C=O) groups is 1. The zero-order valence-corrected chi connectivity index (χ0v) is 9.45. The number of amides is 1. The van der Waals surface area contributed by atoms with E-state index in [1.165, 1.54) is 0 Å². The molecule has 0 aliphatic rings. The number of halogens is 1. The Balaban J connectivity index is 3.04. The second kappa shape index (κ2) is 4.40. The molecule has 0 aromatic heterocycles.